The highest BCUT2D eigenvalue weighted by Crippen LogP contribution is 2.13. The van der Waals surface area contributed by atoms with Crippen molar-refractivity contribution in [2.75, 3.05) is 26.2 Å². The zero-order valence-corrected chi connectivity index (χ0v) is 16.3. The smallest absolute Gasteiger partial charge is 0.0976 e. The zero-order valence-electron chi connectivity index (χ0n) is 16.3. The molecule has 0 heterocycles. The number of likely N-dealkylation sites (N-methyl/N-ethyl adjacent to an activating group) is 1. The normalized spacial score (nSPS) is 13.4. The van der Waals surface area contributed by atoms with Crippen LogP contribution < -0.4 is 0 Å². The van der Waals surface area contributed by atoms with E-state index in [0.717, 1.165) is 0 Å². The van der Waals surface area contributed by atoms with Gasteiger partial charge in [0.2, 0.25) is 0 Å². The molecule has 0 N–H and O–H groups in total. The maximum absolute atomic E-state index is 2.48. The molecule has 0 radical (unpaired) electrons. The van der Waals surface area contributed by atoms with Crippen LogP contribution in [0.25, 0.3) is 0 Å². The summed E-state index contributed by atoms with van der Waals surface area (Å²) in [6.07, 6.45) is 12.0. The molecule has 0 aliphatic heterocycles. The van der Waals surface area contributed by atoms with E-state index in [1.807, 2.05) is 0 Å². The molecule has 0 aliphatic carbocycles. The standard InChI is InChI=1S/C21H40N/c1-8-22(9-2,10-3)18-17-21(7)16-12-15-20(6)14-11-13-19(4)5/h13,15,17H,8-12,14,16,18H2,1-7H3/q+1/b20-15+,21-17-. The summed E-state index contributed by atoms with van der Waals surface area (Å²) in [6, 6.07) is 0. The summed E-state index contributed by atoms with van der Waals surface area (Å²) in [5.41, 5.74) is 4.51. The Morgan fingerprint density at radius 3 is 1.59 bits per heavy atom. The van der Waals surface area contributed by atoms with Crippen LogP contribution in [-0.2, 0) is 0 Å². The molecule has 0 atom stereocenters. The number of rotatable bonds is 11. The predicted octanol–water partition coefficient (Wildman–Crippen LogP) is 6.28. The van der Waals surface area contributed by atoms with E-state index in [4.69, 9.17) is 0 Å². The number of nitrogens with zero attached hydrogens (tertiary/aromatic N) is 1. The van der Waals surface area contributed by atoms with Crippen LogP contribution in [-0.4, -0.2) is 30.7 Å². The van der Waals surface area contributed by atoms with Gasteiger partial charge in [-0.15, -0.1) is 0 Å². The van der Waals surface area contributed by atoms with Crippen molar-refractivity contribution < 1.29 is 4.48 Å². The summed E-state index contributed by atoms with van der Waals surface area (Å²) in [5, 5.41) is 0. The van der Waals surface area contributed by atoms with Crippen molar-refractivity contribution in [3.63, 3.8) is 0 Å². The molecule has 0 aromatic carbocycles. The fourth-order valence-electron chi connectivity index (χ4n) is 2.75. The average Bonchev–Trinajstić information content (AvgIpc) is 2.49. The van der Waals surface area contributed by atoms with Gasteiger partial charge >= 0.3 is 0 Å². The topological polar surface area (TPSA) is 0 Å². The highest BCUT2D eigenvalue weighted by molar-refractivity contribution is 5.05. The first-order valence-corrected chi connectivity index (χ1v) is 9.18. The molecule has 0 aromatic rings. The number of quaternary nitrogens is 1. The number of allylic oxidation sites excluding steroid dienone is 5. The first-order valence-electron chi connectivity index (χ1n) is 9.18. The molecule has 128 valence electrons. The predicted molar refractivity (Wildman–Crippen MR) is 102 cm³/mol. The van der Waals surface area contributed by atoms with Gasteiger partial charge < -0.3 is 4.48 Å². The third-order valence-electron chi connectivity index (χ3n) is 4.96. The average molecular weight is 307 g/mol. The van der Waals surface area contributed by atoms with Crippen molar-refractivity contribution in [1.29, 1.82) is 0 Å². The Morgan fingerprint density at radius 2 is 1.14 bits per heavy atom. The third-order valence-corrected chi connectivity index (χ3v) is 4.96. The molecular weight excluding hydrogens is 266 g/mol. The number of hydrogen-bond donors (Lipinski definition) is 0. The van der Waals surface area contributed by atoms with Crippen molar-refractivity contribution in [2.45, 2.75) is 74.1 Å². The Labute approximate surface area is 140 Å². The van der Waals surface area contributed by atoms with Crippen LogP contribution in [0.4, 0.5) is 0 Å². The second-order valence-corrected chi connectivity index (χ2v) is 6.93. The number of hydrogen-bond acceptors (Lipinski definition) is 0. The quantitative estimate of drug-likeness (QED) is 0.311. The summed E-state index contributed by atoms with van der Waals surface area (Å²) in [7, 11) is 0. The lowest BCUT2D eigenvalue weighted by molar-refractivity contribution is -0.917. The zero-order chi connectivity index (χ0) is 17.0. The van der Waals surface area contributed by atoms with E-state index in [0.29, 0.717) is 0 Å². The summed E-state index contributed by atoms with van der Waals surface area (Å²) in [4.78, 5) is 0. The van der Waals surface area contributed by atoms with Gasteiger partial charge in [0.1, 0.15) is 0 Å². The van der Waals surface area contributed by atoms with Gasteiger partial charge in [-0.25, -0.2) is 0 Å². The van der Waals surface area contributed by atoms with Crippen LogP contribution in [0.5, 0.6) is 0 Å². The fraction of sp³-hybridized carbons (Fsp3) is 0.714. The summed E-state index contributed by atoms with van der Waals surface area (Å²) < 4.78 is 1.22. The van der Waals surface area contributed by atoms with Crippen molar-refractivity contribution in [3.8, 4) is 0 Å². The summed E-state index contributed by atoms with van der Waals surface area (Å²) >= 11 is 0. The van der Waals surface area contributed by atoms with E-state index in [1.165, 1.54) is 67.5 Å². The largest absolute Gasteiger partial charge is 0.321 e. The van der Waals surface area contributed by atoms with Gasteiger partial charge in [0.15, 0.2) is 0 Å². The van der Waals surface area contributed by atoms with Crippen LogP contribution in [0, 0.1) is 0 Å². The third kappa shape index (κ3) is 9.25. The molecule has 0 unspecified atom stereocenters. The lowest BCUT2D eigenvalue weighted by atomic mass is 10.1. The monoisotopic (exact) mass is 306 g/mol. The van der Waals surface area contributed by atoms with Gasteiger partial charge in [-0.1, -0.05) is 28.9 Å². The molecule has 0 bridgehead atoms. The van der Waals surface area contributed by atoms with E-state index in [-0.39, 0.29) is 0 Å². The van der Waals surface area contributed by atoms with Crippen molar-refractivity contribution >= 4 is 0 Å². The highest BCUT2D eigenvalue weighted by atomic mass is 15.3. The molecule has 1 heteroatoms. The van der Waals surface area contributed by atoms with Crippen LogP contribution in [0.1, 0.15) is 74.1 Å². The van der Waals surface area contributed by atoms with E-state index >= 15 is 0 Å². The Kier molecular flexibility index (Phi) is 11.3. The van der Waals surface area contributed by atoms with E-state index in [1.54, 1.807) is 5.57 Å². The first-order chi connectivity index (χ1) is 10.4. The van der Waals surface area contributed by atoms with Gasteiger partial charge in [-0.2, -0.15) is 0 Å². The lowest BCUT2D eigenvalue weighted by Gasteiger charge is -2.34. The molecule has 0 aromatic heterocycles. The van der Waals surface area contributed by atoms with Crippen molar-refractivity contribution in [1.82, 2.24) is 0 Å². The maximum atomic E-state index is 2.48. The second kappa shape index (κ2) is 11.7. The first kappa shape index (κ1) is 21.2. The molecule has 0 rings (SSSR count). The van der Waals surface area contributed by atoms with Crippen LogP contribution in [0.3, 0.4) is 0 Å². The SMILES string of the molecule is CC[N+](CC)(CC)C/C=C(/C)CC/C=C(\C)CCC=C(C)C. The molecule has 22 heavy (non-hydrogen) atoms. The summed E-state index contributed by atoms with van der Waals surface area (Å²) in [5.74, 6) is 0. The minimum absolute atomic E-state index is 1.18. The van der Waals surface area contributed by atoms with Crippen molar-refractivity contribution in [3.05, 3.63) is 34.9 Å². The van der Waals surface area contributed by atoms with Gasteiger partial charge in [-0.3, -0.25) is 0 Å². The van der Waals surface area contributed by atoms with Gasteiger partial charge in [-0.05, 0) is 80.2 Å². The highest BCUT2D eigenvalue weighted by Gasteiger charge is 2.18. The molecular formula is C21H40N+. The minimum Gasteiger partial charge on any atom is -0.321 e. The minimum atomic E-state index is 1.18. The molecule has 0 fully saturated rings. The van der Waals surface area contributed by atoms with Crippen LogP contribution in [0.15, 0.2) is 34.9 Å². The Morgan fingerprint density at radius 1 is 0.682 bits per heavy atom. The summed E-state index contributed by atoms with van der Waals surface area (Å²) in [6.45, 7) is 20.8. The molecule has 1 nitrogen and oxygen atoms in total. The fourth-order valence-corrected chi connectivity index (χ4v) is 2.75. The lowest BCUT2D eigenvalue weighted by Crippen LogP contribution is -2.47. The van der Waals surface area contributed by atoms with Gasteiger partial charge in [0, 0.05) is 0 Å². The van der Waals surface area contributed by atoms with Crippen molar-refractivity contribution in [2.24, 2.45) is 0 Å². The van der Waals surface area contributed by atoms with Gasteiger partial charge in [0.05, 0.1) is 26.2 Å². The molecule has 0 aliphatic rings. The van der Waals surface area contributed by atoms with E-state index < -0.39 is 0 Å². The van der Waals surface area contributed by atoms with E-state index in [2.05, 4.69) is 66.7 Å². The molecule has 0 amide bonds. The van der Waals surface area contributed by atoms with Gasteiger partial charge in [0.25, 0.3) is 0 Å². The Bertz CT molecular complexity index is 368. The molecule has 0 spiro atoms. The Balaban J connectivity index is 4.24. The second-order valence-electron chi connectivity index (χ2n) is 6.93. The van der Waals surface area contributed by atoms with E-state index in [9.17, 15) is 0 Å². The Hall–Kier alpha value is -0.820. The molecule has 0 saturated heterocycles. The van der Waals surface area contributed by atoms with Crippen LogP contribution in [0.2, 0.25) is 0 Å². The maximum Gasteiger partial charge on any atom is 0.0976 e. The van der Waals surface area contributed by atoms with Crippen LogP contribution >= 0.6 is 0 Å². The molecule has 0 saturated carbocycles.